The number of hydrogen-bond donors (Lipinski definition) is 1. The Morgan fingerprint density at radius 3 is 2.86 bits per heavy atom. The second kappa shape index (κ2) is 4.57. The van der Waals surface area contributed by atoms with Gasteiger partial charge in [0.2, 0.25) is 5.91 Å². The molecular weight excluding hydrogens is 182 g/mol. The highest BCUT2D eigenvalue weighted by molar-refractivity contribution is 5.72. The van der Waals surface area contributed by atoms with E-state index in [4.69, 9.17) is 9.47 Å². The van der Waals surface area contributed by atoms with Gasteiger partial charge in [-0.15, -0.1) is 0 Å². The maximum atomic E-state index is 10.5. The fourth-order valence-electron chi connectivity index (χ4n) is 1.23. The zero-order valence-electron chi connectivity index (χ0n) is 8.87. The van der Waals surface area contributed by atoms with Crippen LogP contribution in [0.5, 0.6) is 0 Å². The van der Waals surface area contributed by atoms with Gasteiger partial charge in [0, 0.05) is 13.5 Å². The maximum Gasteiger partial charge on any atom is 0.217 e. The Hall–Kier alpha value is -0.870. The maximum absolute atomic E-state index is 10.5. The molecule has 4 nitrogen and oxygen atoms in total. The molecule has 0 spiro atoms. The Morgan fingerprint density at radius 1 is 1.64 bits per heavy atom. The summed E-state index contributed by atoms with van der Waals surface area (Å²) in [7, 11) is 0. The van der Waals surface area contributed by atoms with E-state index in [0.717, 1.165) is 0 Å². The Morgan fingerprint density at radius 2 is 2.36 bits per heavy atom. The van der Waals surface area contributed by atoms with Crippen LogP contribution in [0.4, 0.5) is 0 Å². The van der Waals surface area contributed by atoms with Crippen molar-refractivity contribution in [3.05, 3.63) is 12.2 Å². The lowest BCUT2D eigenvalue weighted by molar-refractivity contribution is -0.133. The first-order chi connectivity index (χ1) is 6.49. The molecule has 0 aromatic rings. The van der Waals surface area contributed by atoms with Gasteiger partial charge in [0.05, 0.1) is 6.61 Å². The first-order valence-electron chi connectivity index (χ1n) is 4.72. The third-order valence-electron chi connectivity index (χ3n) is 1.85. The van der Waals surface area contributed by atoms with Crippen molar-refractivity contribution in [3.63, 3.8) is 0 Å². The first-order valence-corrected chi connectivity index (χ1v) is 4.72. The number of nitrogens with one attached hydrogen (secondary N) is 1. The summed E-state index contributed by atoms with van der Waals surface area (Å²) in [6.07, 6.45) is 3.78. The average molecular weight is 199 g/mol. The van der Waals surface area contributed by atoms with Gasteiger partial charge in [-0.05, 0) is 13.8 Å². The van der Waals surface area contributed by atoms with Crippen LogP contribution >= 0.6 is 0 Å². The van der Waals surface area contributed by atoms with E-state index in [0.29, 0.717) is 13.2 Å². The molecule has 0 bridgehead atoms. The lowest BCUT2D eigenvalue weighted by Gasteiger charge is -2.15. The molecule has 1 amide bonds. The molecule has 80 valence electrons. The van der Waals surface area contributed by atoms with E-state index in [9.17, 15) is 4.79 Å². The van der Waals surface area contributed by atoms with Crippen LogP contribution in [0.3, 0.4) is 0 Å². The number of amides is 1. The van der Waals surface area contributed by atoms with E-state index in [2.05, 4.69) is 5.32 Å². The van der Waals surface area contributed by atoms with Gasteiger partial charge in [0.25, 0.3) is 0 Å². The number of carbonyl (C=O) groups is 1. The molecule has 0 aromatic heterocycles. The van der Waals surface area contributed by atoms with E-state index in [-0.39, 0.29) is 12.0 Å². The van der Waals surface area contributed by atoms with Gasteiger partial charge in [-0.25, -0.2) is 0 Å². The normalized spacial score (nSPS) is 25.5. The summed E-state index contributed by atoms with van der Waals surface area (Å²) in [6.45, 7) is 6.37. The number of ether oxygens (including phenoxy) is 2. The molecule has 4 heteroatoms. The highest BCUT2D eigenvalue weighted by Crippen LogP contribution is 2.22. The summed E-state index contributed by atoms with van der Waals surface area (Å²) < 4.78 is 10.9. The van der Waals surface area contributed by atoms with Gasteiger partial charge in [0.15, 0.2) is 5.79 Å². The summed E-state index contributed by atoms with van der Waals surface area (Å²) in [4.78, 5) is 10.5. The van der Waals surface area contributed by atoms with Crippen LogP contribution in [0, 0.1) is 0 Å². The molecule has 1 aliphatic heterocycles. The van der Waals surface area contributed by atoms with Crippen LogP contribution in [-0.4, -0.2) is 30.9 Å². The Kier molecular flexibility index (Phi) is 3.66. The van der Waals surface area contributed by atoms with E-state index in [1.54, 1.807) is 0 Å². The molecule has 0 aromatic carbocycles. The summed E-state index contributed by atoms with van der Waals surface area (Å²) in [5, 5.41) is 2.67. The minimum atomic E-state index is -0.483. The molecular formula is C10H17NO3. The summed E-state index contributed by atoms with van der Waals surface area (Å²) in [5.41, 5.74) is 0. The third kappa shape index (κ3) is 3.89. The van der Waals surface area contributed by atoms with Gasteiger partial charge >= 0.3 is 0 Å². The highest BCUT2D eigenvalue weighted by Gasteiger charge is 2.30. The highest BCUT2D eigenvalue weighted by atomic mass is 16.7. The molecule has 14 heavy (non-hydrogen) atoms. The van der Waals surface area contributed by atoms with Crippen molar-refractivity contribution in [2.45, 2.75) is 32.7 Å². The van der Waals surface area contributed by atoms with Crippen molar-refractivity contribution in [2.24, 2.45) is 0 Å². The standard InChI is InChI=1S/C10H17NO3/c1-8(12)11-6-4-5-9-7-13-10(2,3)14-9/h4-5,9H,6-7H2,1-3H3,(H,11,12)/b5-4+/t9-/m0/s1. The lowest BCUT2D eigenvalue weighted by Crippen LogP contribution is -2.21. The SMILES string of the molecule is CC(=O)NC/C=C/[C@H]1COC(C)(C)O1. The third-order valence-corrected chi connectivity index (χ3v) is 1.85. The average Bonchev–Trinajstić information content (AvgIpc) is 2.39. The van der Waals surface area contributed by atoms with Crippen molar-refractivity contribution in [3.8, 4) is 0 Å². The van der Waals surface area contributed by atoms with Crippen molar-refractivity contribution >= 4 is 5.91 Å². The lowest BCUT2D eigenvalue weighted by atomic mass is 10.3. The van der Waals surface area contributed by atoms with E-state index < -0.39 is 5.79 Å². The minimum absolute atomic E-state index is 0.00115. The minimum Gasteiger partial charge on any atom is -0.353 e. The molecule has 1 fully saturated rings. The Labute approximate surface area is 84.3 Å². The molecule has 1 aliphatic rings. The Bertz CT molecular complexity index is 236. The molecule has 1 heterocycles. The van der Waals surface area contributed by atoms with E-state index in [1.807, 2.05) is 26.0 Å². The van der Waals surface area contributed by atoms with Crippen molar-refractivity contribution < 1.29 is 14.3 Å². The van der Waals surface area contributed by atoms with Crippen LogP contribution in [0.25, 0.3) is 0 Å². The summed E-state index contributed by atoms with van der Waals surface area (Å²) in [5.74, 6) is -0.512. The number of rotatable bonds is 3. The van der Waals surface area contributed by atoms with Gasteiger partial charge in [-0.2, -0.15) is 0 Å². The first kappa shape index (κ1) is 11.2. The predicted molar refractivity (Wildman–Crippen MR) is 52.7 cm³/mol. The van der Waals surface area contributed by atoms with Crippen LogP contribution in [-0.2, 0) is 14.3 Å². The molecule has 0 radical (unpaired) electrons. The van der Waals surface area contributed by atoms with Crippen LogP contribution < -0.4 is 5.32 Å². The fourth-order valence-corrected chi connectivity index (χ4v) is 1.23. The molecule has 0 unspecified atom stereocenters. The topological polar surface area (TPSA) is 47.6 Å². The smallest absolute Gasteiger partial charge is 0.217 e. The predicted octanol–water partition coefficient (Wildman–Crippen LogP) is 0.830. The molecule has 0 saturated carbocycles. The quantitative estimate of drug-likeness (QED) is 0.685. The van der Waals surface area contributed by atoms with Gasteiger partial charge < -0.3 is 14.8 Å². The van der Waals surface area contributed by atoms with Crippen molar-refractivity contribution in [1.29, 1.82) is 0 Å². The molecule has 1 atom stereocenters. The van der Waals surface area contributed by atoms with Gasteiger partial charge in [0.1, 0.15) is 6.10 Å². The Balaban J connectivity index is 2.22. The van der Waals surface area contributed by atoms with Crippen LogP contribution in [0.1, 0.15) is 20.8 Å². The van der Waals surface area contributed by atoms with E-state index >= 15 is 0 Å². The fraction of sp³-hybridized carbons (Fsp3) is 0.700. The van der Waals surface area contributed by atoms with Crippen molar-refractivity contribution in [2.75, 3.05) is 13.2 Å². The van der Waals surface area contributed by atoms with Gasteiger partial charge in [-0.3, -0.25) is 4.79 Å². The molecule has 1 rings (SSSR count). The van der Waals surface area contributed by atoms with E-state index in [1.165, 1.54) is 6.92 Å². The van der Waals surface area contributed by atoms with Crippen molar-refractivity contribution in [1.82, 2.24) is 5.32 Å². The summed E-state index contributed by atoms with van der Waals surface area (Å²) in [6, 6.07) is 0. The zero-order valence-corrected chi connectivity index (χ0v) is 8.87. The zero-order chi connectivity index (χ0) is 10.6. The molecule has 1 N–H and O–H groups in total. The van der Waals surface area contributed by atoms with Gasteiger partial charge in [-0.1, -0.05) is 12.2 Å². The second-order valence-corrected chi connectivity index (χ2v) is 3.73. The molecule has 0 aliphatic carbocycles. The number of hydrogen-bond acceptors (Lipinski definition) is 3. The molecule has 1 saturated heterocycles. The second-order valence-electron chi connectivity index (χ2n) is 3.73. The van der Waals surface area contributed by atoms with Crippen LogP contribution in [0.2, 0.25) is 0 Å². The largest absolute Gasteiger partial charge is 0.353 e. The number of carbonyl (C=O) groups excluding carboxylic acids is 1. The monoisotopic (exact) mass is 199 g/mol. The summed E-state index contributed by atoms with van der Waals surface area (Å²) >= 11 is 0. The van der Waals surface area contributed by atoms with Crippen LogP contribution in [0.15, 0.2) is 12.2 Å².